The van der Waals surface area contributed by atoms with E-state index < -0.39 is 15.8 Å². The molecule has 0 radical (unpaired) electrons. The van der Waals surface area contributed by atoms with Gasteiger partial charge in [-0.3, -0.25) is 9.52 Å². The molecule has 2 N–H and O–H groups in total. The van der Waals surface area contributed by atoms with Gasteiger partial charge in [0.05, 0.1) is 10.9 Å². The van der Waals surface area contributed by atoms with E-state index in [-0.39, 0.29) is 28.1 Å². The number of carbonyl (C=O) groups excluding carboxylic acids is 1. The van der Waals surface area contributed by atoms with Gasteiger partial charge in [0.25, 0.3) is 15.9 Å². The van der Waals surface area contributed by atoms with E-state index in [4.69, 9.17) is 0 Å². The van der Waals surface area contributed by atoms with Crippen molar-refractivity contribution < 1.29 is 17.6 Å². The maximum atomic E-state index is 13.1. The summed E-state index contributed by atoms with van der Waals surface area (Å²) in [5.41, 5.74) is 3.80. The Kier molecular flexibility index (Phi) is 6.75. The van der Waals surface area contributed by atoms with Crippen molar-refractivity contribution in [1.29, 1.82) is 0 Å². The molecule has 0 saturated carbocycles. The molecule has 0 aliphatic heterocycles. The van der Waals surface area contributed by atoms with Crippen LogP contribution in [-0.2, 0) is 10.0 Å². The number of amides is 1. The van der Waals surface area contributed by atoms with Crippen LogP contribution in [0.1, 0.15) is 46.4 Å². The summed E-state index contributed by atoms with van der Waals surface area (Å²) in [6.07, 6.45) is 0.693. The number of rotatable bonds is 7. The number of hydrogen-bond acceptors (Lipinski definition) is 3. The lowest BCUT2D eigenvalue weighted by Gasteiger charge is -2.19. The van der Waals surface area contributed by atoms with Crippen LogP contribution in [0.2, 0.25) is 0 Å². The van der Waals surface area contributed by atoms with Crippen LogP contribution in [0.5, 0.6) is 0 Å². The third-order valence-corrected chi connectivity index (χ3v) is 6.53. The molecule has 5 nitrogen and oxygen atoms in total. The normalized spacial score (nSPS) is 12.3. The third-order valence-electron chi connectivity index (χ3n) is 5.15. The highest BCUT2D eigenvalue weighted by Gasteiger charge is 2.19. The second-order valence-electron chi connectivity index (χ2n) is 7.42. The van der Waals surface area contributed by atoms with E-state index in [2.05, 4.69) is 16.1 Å². The molecule has 3 rings (SSSR count). The summed E-state index contributed by atoms with van der Waals surface area (Å²) in [5.74, 6) is -0.820. The molecule has 1 amide bonds. The van der Waals surface area contributed by atoms with Gasteiger partial charge in [0.15, 0.2) is 0 Å². The van der Waals surface area contributed by atoms with Gasteiger partial charge in [-0.2, -0.15) is 0 Å². The third kappa shape index (κ3) is 5.49. The first-order valence-corrected chi connectivity index (χ1v) is 11.4. The van der Waals surface area contributed by atoms with Crippen LogP contribution in [0.15, 0.2) is 71.6 Å². The molecule has 0 fully saturated rings. The van der Waals surface area contributed by atoms with Crippen LogP contribution < -0.4 is 10.0 Å². The molecule has 0 unspecified atom stereocenters. The highest BCUT2D eigenvalue weighted by molar-refractivity contribution is 7.92. The van der Waals surface area contributed by atoms with Crippen LogP contribution in [0.4, 0.5) is 10.1 Å². The second-order valence-corrected chi connectivity index (χ2v) is 9.10. The van der Waals surface area contributed by atoms with Gasteiger partial charge in [-0.15, -0.1) is 0 Å². The zero-order chi connectivity index (χ0) is 22.6. The molecule has 1 atom stereocenters. The molecule has 162 valence electrons. The van der Waals surface area contributed by atoms with Gasteiger partial charge in [0.2, 0.25) is 0 Å². The number of halogens is 1. The average molecular weight is 441 g/mol. The standard InChI is InChI=1S/C24H25FN2O3S/c1-4-23(18-9-8-16(2)17(3)14-18)26-24(28)19-6-5-7-22(15-19)31(29,30)27-21-12-10-20(25)11-13-21/h5-15,23,27H,4H2,1-3H3,(H,26,28)/t23-/m0/s1. The van der Waals surface area contributed by atoms with Gasteiger partial charge in [-0.05, 0) is 79.4 Å². The minimum atomic E-state index is -3.93. The number of sulfonamides is 1. The highest BCUT2D eigenvalue weighted by Crippen LogP contribution is 2.22. The Morgan fingerprint density at radius 1 is 0.968 bits per heavy atom. The first-order chi connectivity index (χ1) is 14.7. The van der Waals surface area contributed by atoms with Gasteiger partial charge >= 0.3 is 0 Å². The Morgan fingerprint density at radius 3 is 2.32 bits per heavy atom. The molecule has 7 heteroatoms. The fourth-order valence-electron chi connectivity index (χ4n) is 3.18. The zero-order valence-corrected chi connectivity index (χ0v) is 18.5. The Morgan fingerprint density at radius 2 is 1.68 bits per heavy atom. The average Bonchev–Trinajstić information content (AvgIpc) is 2.75. The minimum absolute atomic E-state index is 0.0521. The number of hydrogen-bond donors (Lipinski definition) is 2. The maximum absolute atomic E-state index is 13.1. The molecule has 31 heavy (non-hydrogen) atoms. The van der Waals surface area contributed by atoms with E-state index in [1.165, 1.54) is 48.0 Å². The number of aryl methyl sites for hydroxylation is 2. The van der Waals surface area contributed by atoms with Crippen molar-refractivity contribution >= 4 is 21.6 Å². The Labute approximate surface area is 182 Å². The summed E-state index contributed by atoms with van der Waals surface area (Å²) in [6.45, 7) is 6.04. The predicted molar refractivity (Wildman–Crippen MR) is 120 cm³/mol. The number of nitrogens with one attached hydrogen (secondary N) is 2. The van der Waals surface area contributed by atoms with Crippen LogP contribution in [0.25, 0.3) is 0 Å². The van der Waals surface area contributed by atoms with Crippen LogP contribution in [0.3, 0.4) is 0 Å². The van der Waals surface area contributed by atoms with Crippen molar-refractivity contribution in [3.63, 3.8) is 0 Å². The van der Waals surface area contributed by atoms with Crippen molar-refractivity contribution in [3.8, 4) is 0 Å². The van der Waals surface area contributed by atoms with Gasteiger partial charge in [-0.1, -0.05) is 31.2 Å². The quantitative estimate of drug-likeness (QED) is 0.535. The molecule has 0 saturated heterocycles. The number of carbonyl (C=O) groups is 1. The molecule has 3 aromatic carbocycles. The van der Waals surface area contributed by atoms with Gasteiger partial charge in [0, 0.05) is 11.3 Å². The topological polar surface area (TPSA) is 75.3 Å². The van der Waals surface area contributed by atoms with Crippen LogP contribution in [0, 0.1) is 19.7 Å². The zero-order valence-electron chi connectivity index (χ0n) is 17.6. The maximum Gasteiger partial charge on any atom is 0.261 e. The smallest absolute Gasteiger partial charge is 0.261 e. The van der Waals surface area contributed by atoms with E-state index in [1.54, 1.807) is 6.07 Å². The minimum Gasteiger partial charge on any atom is -0.345 e. The summed E-state index contributed by atoms with van der Waals surface area (Å²) in [7, 11) is -3.93. The van der Waals surface area contributed by atoms with Crippen molar-refractivity contribution in [2.75, 3.05) is 4.72 Å². The van der Waals surface area contributed by atoms with Crippen molar-refractivity contribution in [3.05, 3.63) is 94.8 Å². The number of benzene rings is 3. The fraction of sp³-hybridized carbons (Fsp3) is 0.208. The molecule has 0 bridgehead atoms. The molecular formula is C24H25FN2O3S. The summed E-state index contributed by atoms with van der Waals surface area (Å²) >= 11 is 0. The lowest BCUT2D eigenvalue weighted by Crippen LogP contribution is -2.28. The fourth-order valence-corrected chi connectivity index (χ4v) is 4.28. The van der Waals surface area contributed by atoms with E-state index in [0.717, 1.165) is 11.1 Å². The predicted octanol–water partition coefficient (Wildman–Crippen LogP) is 5.12. The highest BCUT2D eigenvalue weighted by atomic mass is 32.2. The molecule has 0 aliphatic rings. The summed E-state index contributed by atoms with van der Waals surface area (Å²) in [4.78, 5) is 12.8. The van der Waals surface area contributed by atoms with E-state index in [0.29, 0.717) is 6.42 Å². The summed E-state index contributed by atoms with van der Waals surface area (Å²) in [5, 5.41) is 2.98. The first kappa shape index (κ1) is 22.5. The Balaban J connectivity index is 1.80. The summed E-state index contributed by atoms with van der Waals surface area (Å²) < 4.78 is 40.8. The SMILES string of the molecule is CC[C@H](NC(=O)c1cccc(S(=O)(=O)Nc2ccc(F)cc2)c1)c1ccc(C)c(C)c1. The summed E-state index contributed by atoms with van der Waals surface area (Å²) in [6, 6.07) is 16.7. The van der Waals surface area contributed by atoms with Gasteiger partial charge in [0.1, 0.15) is 5.82 Å². The molecule has 3 aromatic rings. The largest absolute Gasteiger partial charge is 0.345 e. The molecule has 0 heterocycles. The lowest BCUT2D eigenvalue weighted by molar-refractivity contribution is 0.0935. The van der Waals surface area contributed by atoms with Crippen molar-refractivity contribution in [1.82, 2.24) is 5.32 Å². The Hall–Kier alpha value is -3.19. The van der Waals surface area contributed by atoms with Gasteiger partial charge < -0.3 is 5.32 Å². The molecule has 0 aromatic heterocycles. The molecule has 0 spiro atoms. The first-order valence-electron chi connectivity index (χ1n) is 9.96. The van der Waals surface area contributed by atoms with Crippen LogP contribution in [-0.4, -0.2) is 14.3 Å². The monoisotopic (exact) mass is 440 g/mol. The molecular weight excluding hydrogens is 415 g/mol. The van der Waals surface area contributed by atoms with E-state index in [1.807, 2.05) is 32.9 Å². The van der Waals surface area contributed by atoms with Crippen LogP contribution >= 0.6 is 0 Å². The second kappa shape index (κ2) is 9.31. The van der Waals surface area contributed by atoms with E-state index >= 15 is 0 Å². The van der Waals surface area contributed by atoms with Crippen molar-refractivity contribution in [2.45, 2.75) is 38.1 Å². The molecule has 0 aliphatic carbocycles. The lowest BCUT2D eigenvalue weighted by atomic mass is 9.99. The van der Waals surface area contributed by atoms with Gasteiger partial charge in [-0.25, -0.2) is 12.8 Å². The van der Waals surface area contributed by atoms with E-state index in [9.17, 15) is 17.6 Å². The number of anilines is 1. The Bertz CT molecular complexity index is 1190. The van der Waals surface area contributed by atoms with Crippen molar-refractivity contribution in [2.24, 2.45) is 0 Å².